The lowest BCUT2D eigenvalue weighted by atomic mass is 10.1. The molecule has 0 saturated heterocycles. The molecule has 0 aliphatic carbocycles. The predicted octanol–water partition coefficient (Wildman–Crippen LogP) is 3.23. The van der Waals surface area contributed by atoms with Gasteiger partial charge in [0.15, 0.2) is 0 Å². The van der Waals surface area contributed by atoms with E-state index in [9.17, 15) is 17.6 Å². The van der Waals surface area contributed by atoms with Crippen LogP contribution >= 0.6 is 0 Å². The normalized spacial score (nSPS) is 16.1. The van der Waals surface area contributed by atoms with Crippen molar-refractivity contribution in [2.24, 2.45) is 4.99 Å². The van der Waals surface area contributed by atoms with E-state index in [1.807, 2.05) is 6.92 Å². The Hall–Kier alpha value is -3.53. The number of sulfonamides is 1. The number of fused-ring (bicyclic) bond motifs is 1. The summed E-state index contributed by atoms with van der Waals surface area (Å²) in [5.74, 6) is 0.0620. The first-order chi connectivity index (χ1) is 16.3. The lowest BCUT2D eigenvalue weighted by Crippen LogP contribution is -2.35. The van der Waals surface area contributed by atoms with E-state index in [-0.39, 0.29) is 23.2 Å². The van der Waals surface area contributed by atoms with Crippen molar-refractivity contribution in [3.63, 3.8) is 0 Å². The van der Waals surface area contributed by atoms with E-state index in [2.05, 4.69) is 20.0 Å². The van der Waals surface area contributed by atoms with Crippen LogP contribution in [-0.2, 0) is 21.4 Å². The number of nitrogens with one attached hydrogen (secondary N) is 2. The number of amidine groups is 1. The second-order valence-corrected chi connectivity index (χ2v) is 9.74. The third kappa shape index (κ3) is 4.86. The zero-order valence-corrected chi connectivity index (χ0v) is 19.8. The van der Waals surface area contributed by atoms with Gasteiger partial charge in [0.05, 0.1) is 10.6 Å². The molecule has 34 heavy (non-hydrogen) atoms. The number of hydrogen-bond donors (Lipinski definition) is 2. The number of carbonyl (C=O) groups is 1. The van der Waals surface area contributed by atoms with Crippen LogP contribution in [0.5, 0.6) is 0 Å². The molecular weight excluding hydrogens is 457 g/mol. The second-order valence-electron chi connectivity index (χ2n) is 8.09. The first-order valence-electron chi connectivity index (χ1n) is 11.1. The minimum Gasteiger partial charge on any atom is -0.350 e. The van der Waals surface area contributed by atoms with E-state index in [4.69, 9.17) is 0 Å². The molecular formula is C24H26FN5O3S. The van der Waals surface area contributed by atoms with Crippen LogP contribution in [0.2, 0.25) is 0 Å². The molecule has 1 aliphatic rings. The molecule has 1 aromatic heterocycles. The van der Waals surface area contributed by atoms with Gasteiger partial charge in [-0.1, -0.05) is 38.0 Å². The largest absolute Gasteiger partial charge is 0.350 e. The van der Waals surface area contributed by atoms with Crippen molar-refractivity contribution in [3.8, 4) is 5.69 Å². The van der Waals surface area contributed by atoms with Gasteiger partial charge >= 0.3 is 0 Å². The van der Waals surface area contributed by atoms with Crippen LogP contribution in [0.3, 0.4) is 0 Å². The first kappa shape index (κ1) is 23.6. The number of aliphatic imine (C=N–C) groups is 1. The van der Waals surface area contributed by atoms with Crippen LogP contribution in [0.15, 0.2) is 64.7 Å². The predicted molar refractivity (Wildman–Crippen MR) is 127 cm³/mol. The number of halogens is 1. The maximum Gasteiger partial charge on any atom is 0.263 e. The fourth-order valence-corrected chi connectivity index (χ4v) is 5.07. The minimum absolute atomic E-state index is 0.120. The van der Waals surface area contributed by atoms with Gasteiger partial charge in [0, 0.05) is 24.5 Å². The second kappa shape index (κ2) is 9.76. The zero-order chi connectivity index (χ0) is 24.3. The number of amides is 1. The maximum absolute atomic E-state index is 14.7. The number of nitrogens with zero attached hydrogens (tertiary/aromatic N) is 3. The molecule has 2 N–H and O–H groups in total. The molecule has 4 rings (SSSR count). The first-order valence-corrected chi connectivity index (χ1v) is 12.5. The molecule has 1 aliphatic heterocycles. The molecule has 1 amide bonds. The Morgan fingerprint density at radius 3 is 2.76 bits per heavy atom. The molecule has 1 atom stereocenters. The standard InChI is InChI=1S/C24H26FN5O3S/c1-3-4-8-20(28-23-18-7-5-6-9-22(18)34(32,33)29-23)24(31)27-15-17-10-11-21(19(25)14-17)30-13-12-26-16(30)2/h5-7,9-14,20H,3-4,8,15H2,1-2H3,(H,27,31)(H,28,29). The van der Waals surface area contributed by atoms with Gasteiger partial charge in [0.25, 0.3) is 10.0 Å². The summed E-state index contributed by atoms with van der Waals surface area (Å²) >= 11 is 0. The molecule has 0 saturated carbocycles. The summed E-state index contributed by atoms with van der Waals surface area (Å²) in [6.07, 6.45) is 5.35. The zero-order valence-electron chi connectivity index (χ0n) is 19.0. The van der Waals surface area contributed by atoms with E-state index < -0.39 is 21.9 Å². The van der Waals surface area contributed by atoms with Crippen LogP contribution in [-0.4, -0.2) is 35.8 Å². The molecule has 10 heteroatoms. The number of aromatic nitrogens is 2. The van der Waals surface area contributed by atoms with Gasteiger partial charge in [0.2, 0.25) is 5.91 Å². The summed E-state index contributed by atoms with van der Waals surface area (Å²) in [6.45, 7) is 3.91. The highest BCUT2D eigenvalue weighted by atomic mass is 32.2. The Morgan fingerprint density at radius 2 is 2.06 bits per heavy atom. The van der Waals surface area contributed by atoms with E-state index in [0.717, 1.165) is 12.8 Å². The van der Waals surface area contributed by atoms with Gasteiger partial charge in [-0.15, -0.1) is 0 Å². The van der Waals surface area contributed by atoms with Gasteiger partial charge in [-0.05, 0) is 43.2 Å². The molecule has 178 valence electrons. The van der Waals surface area contributed by atoms with Gasteiger partial charge in [-0.2, -0.15) is 0 Å². The summed E-state index contributed by atoms with van der Waals surface area (Å²) in [5, 5.41) is 2.81. The topological polar surface area (TPSA) is 105 Å². The lowest BCUT2D eigenvalue weighted by molar-refractivity contribution is -0.122. The molecule has 3 aromatic rings. The Morgan fingerprint density at radius 1 is 1.26 bits per heavy atom. The molecule has 0 spiro atoms. The molecule has 2 heterocycles. The van der Waals surface area contributed by atoms with Crippen molar-refractivity contribution < 1.29 is 17.6 Å². The van der Waals surface area contributed by atoms with Crippen LogP contribution in [0.1, 0.15) is 43.1 Å². The molecule has 2 aromatic carbocycles. The monoisotopic (exact) mass is 483 g/mol. The number of unbranched alkanes of at least 4 members (excludes halogenated alkanes) is 1. The van der Waals surface area contributed by atoms with E-state index in [0.29, 0.717) is 29.1 Å². The third-order valence-electron chi connectivity index (χ3n) is 5.65. The van der Waals surface area contributed by atoms with E-state index in [1.165, 1.54) is 12.1 Å². The minimum atomic E-state index is -3.69. The van der Waals surface area contributed by atoms with Crippen LogP contribution in [0, 0.1) is 12.7 Å². The molecule has 0 radical (unpaired) electrons. The van der Waals surface area contributed by atoms with Gasteiger partial charge in [-0.3, -0.25) is 14.5 Å². The Bertz CT molecular complexity index is 1350. The number of aryl methyl sites for hydroxylation is 1. The average Bonchev–Trinajstić information content (AvgIpc) is 3.35. The lowest BCUT2D eigenvalue weighted by Gasteiger charge is -2.14. The summed E-state index contributed by atoms with van der Waals surface area (Å²) < 4.78 is 43.5. The fourth-order valence-electron chi connectivity index (χ4n) is 3.83. The van der Waals surface area contributed by atoms with E-state index in [1.54, 1.807) is 54.2 Å². The number of hydrogen-bond acceptors (Lipinski definition) is 5. The highest BCUT2D eigenvalue weighted by Gasteiger charge is 2.31. The number of carbonyl (C=O) groups excluding carboxylic acids is 1. The average molecular weight is 484 g/mol. The van der Waals surface area contributed by atoms with Crippen molar-refractivity contribution >= 4 is 21.8 Å². The number of rotatable bonds is 8. The van der Waals surface area contributed by atoms with Crippen molar-refractivity contribution in [2.45, 2.75) is 50.6 Å². The molecule has 8 nitrogen and oxygen atoms in total. The fraction of sp³-hybridized carbons (Fsp3) is 0.292. The maximum atomic E-state index is 14.7. The summed E-state index contributed by atoms with van der Waals surface area (Å²) in [6, 6.07) is 10.5. The van der Waals surface area contributed by atoms with Crippen LogP contribution in [0.25, 0.3) is 5.69 Å². The highest BCUT2D eigenvalue weighted by molar-refractivity contribution is 7.90. The van der Waals surface area contributed by atoms with Gasteiger partial charge in [-0.25, -0.2) is 17.8 Å². The quantitative estimate of drug-likeness (QED) is 0.513. The molecule has 0 fully saturated rings. The molecule has 0 bridgehead atoms. The number of imidazole rings is 1. The molecule has 1 unspecified atom stereocenters. The van der Waals surface area contributed by atoms with Gasteiger partial charge < -0.3 is 9.88 Å². The smallest absolute Gasteiger partial charge is 0.263 e. The highest BCUT2D eigenvalue weighted by Crippen LogP contribution is 2.23. The van der Waals surface area contributed by atoms with Crippen LogP contribution in [0.4, 0.5) is 4.39 Å². The van der Waals surface area contributed by atoms with Crippen molar-refractivity contribution in [1.82, 2.24) is 19.6 Å². The van der Waals surface area contributed by atoms with Crippen molar-refractivity contribution in [1.29, 1.82) is 0 Å². The summed E-state index contributed by atoms with van der Waals surface area (Å²) in [5.41, 5.74) is 1.43. The van der Waals surface area contributed by atoms with Gasteiger partial charge in [0.1, 0.15) is 23.5 Å². The SMILES string of the molecule is CCCCC(N=C1NS(=O)(=O)c2ccccc21)C(=O)NCc1ccc(-n2ccnc2C)c(F)c1. The summed E-state index contributed by atoms with van der Waals surface area (Å²) in [7, 11) is -3.69. The van der Waals surface area contributed by atoms with Crippen molar-refractivity contribution in [2.75, 3.05) is 0 Å². The van der Waals surface area contributed by atoms with Crippen molar-refractivity contribution in [3.05, 3.63) is 77.6 Å². The van der Waals surface area contributed by atoms with E-state index >= 15 is 0 Å². The summed E-state index contributed by atoms with van der Waals surface area (Å²) in [4.78, 5) is 21.7. The Labute approximate surface area is 198 Å². The Kier molecular flexibility index (Phi) is 6.78. The Balaban J connectivity index is 1.50. The van der Waals surface area contributed by atoms with Crippen LogP contribution < -0.4 is 10.0 Å². The third-order valence-corrected chi connectivity index (χ3v) is 7.04. The number of benzene rings is 2.